The molecule has 0 aromatic carbocycles. The maximum Gasteiger partial charge on any atom is 0.643 e. The van der Waals surface area contributed by atoms with Gasteiger partial charge < -0.3 is 0 Å². The topological polar surface area (TPSA) is 214 Å². The van der Waals surface area contributed by atoms with Crippen LogP contribution in [0.2, 0.25) is 0 Å². The van der Waals surface area contributed by atoms with Gasteiger partial charge in [-0.05, 0) is 0 Å². The lowest BCUT2D eigenvalue weighted by Crippen LogP contribution is -2.53. The van der Waals surface area contributed by atoms with Gasteiger partial charge in [0, 0.05) is 0 Å². The fourth-order valence-corrected chi connectivity index (χ4v) is 1.16. The van der Waals surface area contributed by atoms with Gasteiger partial charge in [0.05, 0.1) is 0 Å². The minimum Gasteiger partial charge on any atom is -0.287 e. The van der Waals surface area contributed by atoms with E-state index in [9.17, 15) is 45.3 Å². The molecule has 15 heteroatoms. The third kappa shape index (κ3) is 1.87. The zero-order valence-electron chi connectivity index (χ0n) is 8.49. The molecule has 0 spiro atoms. The van der Waals surface area contributed by atoms with Gasteiger partial charge in [-0.25, -0.2) is 0 Å². The molecular weight excluding hydrogens is 276 g/mol. The summed E-state index contributed by atoms with van der Waals surface area (Å²) in [4.78, 5) is 49.2. The first-order valence-corrected chi connectivity index (χ1v) is 4.11. The number of hydrogen-bond donors (Lipinski definition) is 1. The van der Waals surface area contributed by atoms with Crippen molar-refractivity contribution in [2.45, 2.75) is 12.0 Å². The molecule has 102 valence electrons. The molecular formula is C4H2N6O9. The molecule has 0 fully saturated rings. The second-order valence-electron chi connectivity index (χ2n) is 3.05. The van der Waals surface area contributed by atoms with Crippen LogP contribution in [0.15, 0.2) is 4.99 Å². The SMILES string of the molecule is O=C1NC(C([N+](=O)[O-])[N+](=O)[O-])=NC1([N+](=O)[O-])[N+](=O)[O-]. The summed E-state index contributed by atoms with van der Waals surface area (Å²) in [5.74, 6) is -7.06. The van der Waals surface area contributed by atoms with Gasteiger partial charge in [-0.15, -0.1) is 4.99 Å². The van der Waals surface area contributed by atoms with E-state index in [0.717, 1.165) is 0 Å². The molecule has 0 saturated carbocycles. The van der Waals surface area contributed by atoms with Crippen LogP contribution in [0.25, 0.3) is 0 Å². The summed E-state index contributed by atoms with van der Waals surface area (Å²) in [7, 11) is 0. The summed E-state index contributed by atoms with van der Waals surface area (Å²) in [6, 6.07) is 0. The van der Waals surface area contributed by atoms with Crippen LogP contribution >= 0.6 is 0 Å². The summed E-state index contributed by atoms with van der Waals surface area (Å²) in [6.45, 7) is 0. The Morgan fingerprint density at radius 3 is 1.68 bits per heavy atom. The Hall–Kier alpha value is -3.26. The van der Waals surface area contributed by atoms with Crippen molar-refractivity contribution >= 4 is 11.7 Å². The van der Waals surface area contributed by atoms with Crippen molar-refractivity contribution in [3.8, 4) is 0 Å². The van der Waals surface area contributed by atoms with Crippen molar-refractivity contribution < 1.29 is 24.5 Å². The van der Waals surface area contributed by atoms with E-state index in [4.69, 9.17) is 0 Å². The zero-order chi connectivity index (χ0) is 15.0. The monoisotopic (exact) mass is 278 g/mol. The maximum absolute atomic E-state index is 11.2. The summed E-state index contributed by atoms with van der Waals surface area (Å²) in [6.07, 6.45) is -2.84. The van der Waals surface area contributed by atoms with E-state index in [1.807, 2.05) is 0 Å². The van der Waals surface area contributed by atoms with Crippen LogP contribution in [0.5, 0.6) is 0 Å². The molecule has 1 rings (SSSR count). The smallest absolute Gasteiger partial charge is 0.287 e. The van der Waals surface area contributed by atoms with E-state index in [1.54, 1.807) is 0 Å². The van der Waals surface area contributed by atoms with E-state index in [-0.39, 0.29) is 0 Å². The average molecular weight is 278 g/mol. The lowest BCUT2D eigenvalue weighted by Gasteiger charge is -2.03. The van der Waals surface area contributed by atoms with E-state index < -0.39 is 43.4 Å². The Balaban J connectivity index is 3.39. The highest BCUT2D eigenvalue weighted by molar-refractivity contribution is 6.07. The molecule has 1 N–H and O–H groups in total. The Labute approximate surface area is 100 Å². The Bertz CT molecular complexity index is 509. The van der Waals surface area contributed by atoms with Gasteiger partial charge in [0.1, 0.15) is 19.7 Å². The minimum atomic E-state index is -3.75. The lowest BCUT2D eigenvalue weighted by molar-refractivity contribution is -0.773. The molecule has 1 aliphatic heterocycles. The molecule has 1 aliphatic rings. The molecule has 0 unspecified atom stereocenters. The predicted octanol–water partition coefficient (Wildman–Crippen LogP) is -2.40. The molecule has 0 aromatic heterocycles. The number of amides is 1. The van der Waals surface area contributed by atoms with Gasteiger partial charge in [-0.3, -0.25) is 50.6 Å². The quantitative estimate of drug-likeness (QED) is 0.321. The fraction of sp³-hybridized carbons (Fsp3) is 0.500. The Kier molecular flexibility index (Phi) is 3.05. The van der Waals surface area contributed by atoms with Crippen molar-refractivity contribution in [2.24, 2.45) is 4.99 Å². The van der Waals surface area contributed by atoms with Gasteiger partial charge in [0.25, 0.3) is 5.84 Å². The second-order valence-corrected chi connectivity index (χ2v) is 3.05. The molecule has 1 heterocycles. The number of nitrogens with one attached hydrogen (secondary N) is 1. The molecule has 0 radical (unpaired) electrons. The number of hydrogen-bond acceptors (Lipinski definition) is 10. The van der Waals surface area contributed by atoms with Gasteiger partial charge in [0.2, 0.25) is 0 Å². The maximum atomic E-state index is 11.2. The molecule has 0 bridgehead atoms. The van der Waals surface area contributed by atoms with E-state index in [2.05, 4.69) is 4.99 Å². The number of rotatable bonds is 5. The fourth-order valence-electron chi connectivity index (χ4n) is 1.16. The van der Waals surface area contributed by atoms with Gasteiger partial charge >= 0.3 is 17.9 Å². The van der Waals surface area contributed by atoms with E-state index in [0.29, 0.717) is 0 Å². The number of carbonyl (C=O) groups is 1. The number of nitro groups is 4. The van der Waals surface area contributed by atoms with Gasteiger partial charge in [0.15, 0.2) is 0 Å². The van der Waals surface area contributed by atoms with Crippen molar-refractivity contribution in [2.75, 3.05) is 0 Å². The predicted molar refractivity (Wildman–Crippen MR) is 50.1 cm³/mol. The first-order chi connectivity index (χ1) is 8.64. The number of nitrogens with zero attached hydrogens (tertiary/aromatic N) is 5. The van der Waals surface area contributed by atoms with Crippen LogP contribution in [-0.4, -0.2) is 43.4 Å². The summed E-state index contributed by atoms with van der Waals surface area (Å²) in [5.41, 5.74) is 0. The molecule has 1 amide bonds. The van der Waals surface area contributed by atoms with Gasteiger partial charge in [-0.1, -0.05) is 0 Å². The first-order valence-electron chi connectivity index (χ1n) is 4.11. The first kappa shape index (κ1) is 13.8. The molecule has 0 aromatic rings. The normalized spacial score (nSPS) is 16.7. The average Bonchev–Trinajstić information content (AvgIpc) is 2.55. The van der Waals surface area contributed by atoms with Crippen LogP contribution in [0.4, 0.5) is 0 Å². The Morgan fingerprint density at radius 1 is 1.00 bits per heavy atom. The van der Waals surface area contributed by atoms with Crippen LogP contribution in [-0.2, 0) is 4.79 Å². The van der Waals surface area contributed by atoms with Crippen LogP contribution in [0.1, 0.15) is 0 Å². The number of aliphatic imine (C=N–C) groups is 1. The van der Waals surface area contributed by atoms with Gasteiger partial charge in [-0.2, -0.15) is 0 Å². The molecule has 19 heavy (non-hydrogen) atoms. The minimum absolute atomic E-state index is 1.31. The standard InChI is InChI=1S/C4H2N6O9/c11-3-4(9(16)17,10(18)19)6-1(5-3)2(7(12)13)8(14)15/h2H,(H,5,6,11). The lowest BCUT2D eigenvalue weighted by atomic mass is 10.4. The van der Waals surface area contributed by atoms with E-state index >= 15 is 0 Å². The summed E-state index contributed by atoms with van der Waals surface area (Å²) >= 11 is 0. The summed E-state index contributed by atoms with van der Waals surface area (Å²) < 4.78 is 0. The van der Waals surface area contributed by atoms with Crippen LogP contribution < -0.4 is 5.32 Å². The zero-order valence-corrected chi connectivity index (χ0v) is 8.49. The Morgan fingerprint density at radius 2 is 1.42 bits per heavy atom. The second kappa shape index (κ2) is 4.20. The highest BCUT2D eigenvalue weighted by Crippen LogP contribution is 2.20. The highest BCUT2D eigenvalue weighted by Gasteiger charge is 2.71. The van der Waals surface area contributed by atoms with Crippen LogP contribution in [0, 0.1) is 40.5 Å². The largest absolute Gasteiger partial charge is 0.643 e. The number of amidine groups is 1. The van der Waals surface area contributed by atoms with Crippen molar-refractivity contribution in [3.05, 3.63) is 40.5 Å². The third-order valence-electron chi connectivity index (χ3n) is 1.98. The third-order valence-corrected chi connectivity index (χ3v) is 1.98. The van der Waals surface area contributed by atoms with Crippen molar-refractivity contribution in [1.29, 1.82) is 0 Å². The molecule has 15 nitrogen and oxygen atoms in total. The molecule has 0 saturated heterocycles. The van der Waals surface area contributed by atoms with Crippen LogP contribution in [0.3, 0.4) is 0 Å². The molecule has 0 aliphatic carbocycles. The summed E-state index contributed by atoms with van der Waals surface area (Å²) in [5, 5.41) is 43.1. The molecule has 0 atom stereocenters. The highest BCUT2D eigenvalue weighted by atomic mass is 16.7. The van der Waals surface area contributed by atoms with Crippen molar-refractivity contribution in [1.82, 2.24) is 5.32 Å². The number of carbonyl (C=O) groups excluding carboxylic acids is 1. The van der Waals surface area contributed by atoms with Crippen molar-refractivity contribution in [3.63, 3.8) is 0 Å². The van der Waals surface area contributed by atoms with E-state index in [1.165, 1.54) is 5.32 Å².